The van der Waals surface area contributed by atoms with E-state index in [1.807, 2.05) is 0 Å². The van der Waals surface area contributed by atoms with Gasteiger partial charge in [0.2, 0.25) is 15.9 Å². The minimum atomic E-state index is -3.69. The Hall–Kier alpha value is -1.49. The lowest BCUT2D eigenvalue weighted by atomic mass is 10.3. The molecule has 0 saturated carbocycles. The van der Waals surface area contributed by atoms with Crippen LogP contribution in [0.15, 0.2) is 34.1 Å². The van der Waals surface area contributed by atoms with Crippen molar-refractivity contribution >= 4 is 25.8 Å². The number of nitrogens with zero attached hydrogens (tertiary/aromatic N) is 2. The molecular formula is C14H21N3O5S2. The molecule has 1 aromatic carbocycles. The number of carbonyl (C=O) groups is 1. The molecule has 134 valence electrons. The van der Waals surface area contributed by atoms with Crippen LogP contribution in [0.3, 0.4) is 0 Å². The summed E-state index contributed by atoms with van der Waals surface area (Å²) >= 11 is 0. The molecule has 0 spiro atoms. The first-order chi connectivity index (χ1) is 11.2. The Morgan fingerprint density at radius 1 is 1.00 bits per heavy atom. The summed E-state index contributed by atoms with van der Waals surface area (Å²) in [6.07, 6.45) is 0. The lowest BCUT2D eigenvalue weighted by Crippen LogP contribution is -2.50. The standard InChI is InChI=1S/C14H21N3O5S2/c1-2-23(19,20)12-3-5-13(6-4-12)24(21,22)17-9-7-16(8-10-17)11-14(15)18/h3-6H,2,7-11H2,1H3,(H2,15,18). The van der Waals surface area contributed by atoms with E-state index >= 15 is 0 Å². The van der Waals surface area contributed by atoms with Crippen LogP contribution in [0, 0.1) is 0 Å². The number of benzene rings is 1. The highest BCUT2D eigenvalue weighted by Crippen LogP contribution is 2.20. The lowest BCUT2D eigenvalue weighted by molar-refractivity contribution is -0.119. The van der Waals surface area contributed by atoms with Gasteiger partial charge in [-0.3, -0.25) is 9.69 Å². The number of sulfone groups is 1. The number of hydrogen-bond donors (Lipinski definition) is 1. The second kappa shape index (κ2) is 7.18. The molecule has 1 saturated heterocycles. The predicted molar refractivity (Wildman–Crippen MR) is 88.6 cm³/mol. The van der Waals surface area contributed by atoms with Crippen molar-refractivity contribution in [2.75, 3.05) is 38.5 Å². The van der Waals surface area contributed by atoms with Crippen molar-refractivity contribution in [3.63, 3.8) is 0 Å². The Morgan fingerprint density at radius 3 is 1.96 bits per heavy atom. The summed E-state index contributed by atoms with van der Waals surface area (Å²) in [6.45, 7) is 2.99. The average molecular weight is 375 g/mol. The van der Waals surface area contributed by atoms with Crippen molar-refractivity contribution in [1.82, 2.24) is 9.21 Å². The van der Waals surface area contributed by atoms with Gasteiger partial charge >= 0.3 is 0 Å². The molecular weight excluding hydrogens is 354 g/mol. The second-order valence-corrected chi connectivity index (χ2v) is 9.74. The van der Waals surface area contributed by atoms with Gasteiger partial charge in [-0.05, 0) is 24.3 Å². The van der Waals surface area contributed by atoms with Crippen LogP contribution in [0.2, 0.25) is 0 Å². The highest BCUT2D eigenvalue weighted by Gasteiger charge is 2.29. The van der Waals surface area contributed by atoms with Gasteiger partial charge in [0.05, 0.1) is 22.1 Å². The van der Waals surface area contributed by atoms with Crippen LogP contribution in [0.5, 0.6) is 0 Å². The number of piperazine rings is 1. The molecule has 8 nitrogen and oxygen atoms in total. The quantitative estimate of drug-likeness (QED) is 0.700. The first kappa shape index (κ1) is 18.8. The maximum atomic E-state index is 12.6. The molecule has 1 aliphatic rings. The predicted octanol–water partition coefficient (Wildman–Crippen LogP) is -0.728. The maximum Gasteiger partial charge on any atom is 0.243 e. The Morgan fingerprint density at radius 2 is 1.50 bits per heavy atom. The van der Waals surface area contributed by atoms with Crippen molar-refractivity contribution in [3.8, 4) is 0 Å². The third-order valence-corrected chi connectivity index (χ3v) is 7.57. The molecule has 10 heteroatoms. The summed E-state index contributed by atoms with van der Waals surface area (Å²) < 4.78 is 50.1. The molecule has 1 aromatic rings. The lowest BCUT2D eigenvalue weighted by Gasteiger charge is -2.33. The normalized spacial score (nSPS) is 17.7. The highest BCUT2D eigenvalue weighted by atomic mass is 32.2. The minimum absolute atomic E-state index is 0.0408. The van der Waals surface area contributed by atoms with Crippen molar-refractivity contribution in [3.05, 3.63) is 24.3 Å². The number of rotatable bonds is 6. The largest absolute Gasteiger partial charge is 0.369 e. The second-order valence-electron chi connectivity index (χ2n) is 5.52. The number of nitrogens with two attached hydrogens (primary N) is 1. The Balaban J connectivity index is 2.13. The number of carbonyl (C=O) groups excluding carboxylic acids is 1. The minimum Gasteiger partial charge on any atom is -0.369 e. The molecule has 1 fully saturated rings. The summed E-state index contributed by atoms with van der Waals surface area (Å²) in [7, 11) is -7.05. The van der Waals surface area contributed by atoms with Gasteiger partial charge < -0.3 is 5.73 Å². The van der Waals surface area contributed by atoms with E-state index in [0.29, 0.717) is 13.1 Å². The van der Waals surface area contributed by atoms with Gasteiger partial charge in [0, 0.05) is 26.2 Å². The van der Waals surface area contributed by atoms with E-state index in [2.05, 4.69) is 0 Å². The van der Waals surface area contributed by atoms with Crippen LogP contribution in [0.1, 0.15) is 6.92 Å². The molecule has 0 aromatic heterocycles. The SMILES string of the molecule is CCS(=O)(=O)c1ccc(S(=O)(=O)N2CCN(CC(N)=O)CC2)cc1. The van der Waals surface area contributed by atoms with Gasteiger partial charge in [-0.1, -0.05) is 6.92 Å². The summed E-state index contributed by atoms with van der Waals surface area (Å²) in [6, 6.07) is 5.26. The van der Waals surface area contributed by atoms with Crippen molar-refractivity contribution in [1.29, 1.82) is 0 Å². The van der Waals surface area contributed by atoms with Crippen LogP contribution in [0.4, 0.5) is 0 Å². The third-order valence-electron chi connectivity index (χ3n) is 3.91. The summed E-state index contributed by atoms with van der Waals surface area (Å²) in [4.78, 5) is 12.9. The van der Waals surface area contributed by atoms with Crippen LogP contribution in [-0.4, -0.2) is 70.4 Å². The van der Waals surface area contributed by atoms with Gasteiger partial charge in [0.1, 0.15) is 0 Å². The van der Waals surface area contributed by atoms with Gasteiger partial charge in [0.25, 0.3) is 0 Å². The van der Waals surface area contributed by atoms with Gasteiger partial charge in [-0.2, -0.15) is 4.31 Å². The van der Waals surface area contributed by atoms with Crippen LogP contribution >= 0.6 is 0 Å². The molecule has 24 heavy (non-hydrogen) atoms. The fraction of sp³-hybridized carbons (Fsp3) is 0.500. The molecule has 1 amide bonds. The molecule has 0 aliphatic carbocycles. The fourth-order valence-electron chi connectivity index (χ4n) is 2.48. The monoisotopic (exact) mass is 375 g/mol. The number of amides is 1. The molecule has 0 radical (unpaired) electrons. The van der Waals surface area contributed by atoms with E-state index < -0.39 is 25.8 Å². The Bertz CT molecular complexity index is 795. The zero-order chi connectivity index (χ0) is 18.0. The molecule has 1 aliphatic heterocycles. The number of sulfonamides is 1. The van der Waals surface area contributed by atoms with E-state index in [-0.39, 0.29) is 35.2 Å². The van der Waals surface area contributed by atoms with E-state index in [9.17, 15) is 21.6 Å². The summed E-state index contributed by atoms with van der Waals surface area (Å²) in [5.41, 5.74) is 5.13. The Kier molecular flexibility index (Phi) is 5.63. The molecule has 0 bridgehead atoms. The molecule has 0 atom stereocenters. The van der Waals surface area contributed by atoms with Crippen molar-refractivity contribution in [2.24, 2.45) is 5.73 Å². The molecule has 0 unspecified atom stereocenters. The van der Waals surface area contributed by atoms with Crippen LogP contribution < -0.4 is 5.73 Å². The first-order valence-electron chi connectivity index (χ1n) is 7.50. The van der Waals surface area contributed by atoms with Crippen LogP contribution in [-0.2, 0) is 24.7 Å². The zero-order valence-corrected chi connectivity index (χ0v) is 15.0. The van der Waals surface area contributed by atoms with E-state index in [1.165, 1.54) is 35.5 Å². The summed E-state index contributed by atoms with van der Waals surface area (Å²) in [5.74, 6) is -0.486. The van der Waals surface area contributed by atoms with E-state index in [1.54, 1.807) is 4.90 Å². The summed E-state index contributed by atoms with van der Waals surface area (Å²) in [5, 5.41) is 0. The van der Waals surface area contributed by atoms with Crippen molar-refractivity contribution in [2.45, 2.75) is 16.7 Å². The van der Waals surface area contributed by atoms with Gasteiger partial charge in [-0.15, -0.1) is 0 Å². The fourth-order valence-corrected chi connectivity index (χ4v) is 4.79. The number of primary amides is 1. The van der Waals surface area contributed by atoms with E-state index in [0.717, 1.165) is 0 Å². The highest BCUT2D eigenvalue weighted by molar-refractivity contribution is 7.91. The maximum absolute atomic E-state index is 12.6. The van der Waals surface area contributed by atoms with E-state index in [4.69, 9.17) is 5.73 Å². The first-order valence-corrected chi connectivity index (χ1v) is 10.6. The Labute approximate surface area is 142 Å². The molecule has 2 N–H and O–H groups in total. The number of hydrogen-bond acceptors (Lipinski definition) is 6. The van der Waals surface area contributed by atoms with Gasteiger partial charge in [-0.25, -0.2) is 16.8 Å². The van der Waals surface area contributed by atoms with Crippen LogP contribution in [0.25, 0.3) is 0 Å². The smallest absolute Gasteiger partial charge is 0.243 e. The third kappa shape index (κ3) is 4.12. The van der Waals surface area contributed by atoms with Crippen molar-refractivity contribution < 1.29 is 21.6 Å². The molecule has 2 rings (SSSR count). The topological polar surface area (TPSA) is 118 Å². The zero-order valence-electron chi connectivity index (χ0n) is 13.4. The van der Waals surface area contributed by atoms with Gasteiger partial charge in [0.15, 0.2) is 9.84 Å². The average Bonchev–Trinajstić information content (AvgIpc) is 2.55. The molecule has 1 heterocycles.